The Balaban J connectivity index is 4.10. The van der Waals surface area contributed by atoms with Gasteiger partial charge in [-0.3, -0.25) is 0 Å². The Morgan fingerprint density at radius 2 is 2.12 bits per heavy atom. The zero-order valence-corrected chi connectivity index (χ0v) is 8.92. The van der Waals surface area contributed by atoms with Crippen LogP contribution in [-0.2, 0) is 9.47 Å². The van der Waals surface area contributed by atoms with Crippen molar-refractivity contribution in [3.63, 3.8) is 0 Å². The highest BCUT2D eigenvalue weighted by Gasteiger charge is 2.30. The third-order valence-corrected chi connectivity index (χ3v) is 1.53. The molecule has 0 rings (SSSR count). The highest BCUT2D eigenvalue weighted by molar-refractivity contribution is 5.67. The van der Waals surface area contributed by atoms with Gasteiger partial charge in [0, 0.05) is 20.2 Å². The van der Waals surface area contributed by atoms with Gasteiger partial charge in [0.1, 0.15) is 0 Å². The molecule has 0 N–H and O–H groups in total. The third kappa shape index (κ3) is 7.10. The summed E-state index contributed by atoms with van der Waals surface area (Å²) < 4.78 is 44.1. The van der Waals surface area contributed by atoms with Crippen LogP contribution in [-0.4, -0.2) is 50.6 Å². The maximum absolute atomic E-state index is 11.8. The average molecular weight is 241 g/mol. The van der Waals surface area contributed by atoms with Gasteiger partial charge in [0.05, 0.1) is 6.61 Å². The van der Waals surface area contributed by atoms with Crippen LogP contribution >= 0.6 is 0 Å². The summed E-state index contributed by atoms with van der Waals surface area (Å²) in [5.74, 6) is 0. The molecule has 0 spiro atoms. The Morgan fingerprint density at radius 3 is 2.56 bits per heavy atom. The van der Waals surface area contributed by atoms with Crippen molar-refractivity contribution in [3.05, 3.63) is 12.7 Å². The molecule has 0 aromatic heterocycles. The molecule has 0 radical (unpaired) electrons. The second-order valence-corrected chi connectivity index (χ2v) is 2.90. The van der Waals surface area contributed by atoms with Gasteiger partial charge in [0.15, 0.2) is 6.61 Å². The van der Waals surface area contributed by atoms with Crippen LogP contribution in [0.15, 0.2) is 12.7 Å². The Hall–Kier alpha value is -1.24. The number of carbonyl (C=O) groups excluding carboxylic acids is 1. The predicted octanol–water partition coefficient (Wildman–Crippen LogP) is 1.82. The van der Waals surface area contributed by atoms with Gasteiger partial charge in [0.2, 0.25) is 0 Å². The molecule has 94 valence electrons. The maximum Gasteiger partial charge on any atom is 0.422 e. The minimum absolute atomic E-state index is 0.111. The predicted molar refractivity (Wildman–Crippen MR) is 51.0 cm³/mol. The summed E-state index contributed by atoms with van der Waals surface area (Å²) in [5, 5.41) is 0. The molecule has 0 aromatic carbocycles. The summed E-state index contributed by atoms with van der Waals surface area (Å²) in [6, 6.07) is 0. The molecule has 0 atom stereocenters. The lowest BCUT2D eigenvalue weighted by Crippen LogP contribution is -2.36. The molecule has 7 heteroatoms. The van der Waals surface area contributed by atoms with Gasteiger partial charge in [-0.15, -0.1) is 6.58 Å². The van der Waals surface area contributed by atoms with Crippen LogP contribution in [0.5, 0.6) is 0 Å². The van der Waals surface area contributed by atoms with Crippen LogP contribution in [0.2, 0.25) is 0 Å². The first-order valence-electron chi connectivity index (χ1n) is 4.49. The number of nitrogens with zero attached hydrogens (tertiary/aromatic N) is 1. The molecule has 4 nitrogen and oxygen atoms in total. The van der Waals surface area contributed by atoms with E-state index in [1.165, 1.54) is 13.2 Å². The number of alkyl halides is 3. The van der Waals surface area contributed by atoms with Crippen LogP contribution < -0.4 is 0 Å². The normalized spacial score (nSPS) is 11.0. The zero-order chi connectivity index (χ0) is 12.6. The van der Waals surface area contributed by atoms with E-state index in [1.54, 1.807) is 0 Å². The second kappa shape index (κ2) is 7.10. The lowest BCUT2D eigenvalue weighted by atomic mass is 10.5. The number of ether oxygens (including phenoxy) is 2. The molecule has 0 bridgehead atoms. The van der Waals surface area contributed by atoms with Crippen molar-refractivity contribution in [2.24, 2.45) is 0 Å². The number of rotatable bonds is 6. The standard InChI is InChI=1S/C9H14F3NO3/c1-3-4-13(5-6-15-2)8(14)16-7-9(10,11)12/h3H,1,4-7H2,2H3. The van der Waals surface area contributed by atoms with Gasteiger partial charge in [-0.1, -0.05) is 6.08 Å². The van der Waals surface area contributed by atoms with E-state index in [1.807, 2.05) is 0 Å². The van der Waals surface area contributed by atoms with Gasteiger partial charge in [-0.2, -0.15) is 13.2 Å². The third-order valence-electron chi connectivity index (χ3n) is 1.53. The Labute approximate surface area is 91.6 Å². The van der Waals surface area contributed by atoms with Gasteiger partial charge in [0.25, 0.3) is 0 Å². The first-order valence-corrected chi connectivity index (χ1v) is 4.49. The minimum atomic E-state index is -4.52. The molecule has 0 aliphatic rings. The Morgan fingerprint density at radius 1 is 1.50 bits per heavy atom. The van der Waals surface area contributed by atoms with Crippen LogP contribution in [0, 0.1) is 0 Å². The molecule has 0 saturated carbocycles. The average Bonchev–Trinajstić information content (AvgIpc) is 2.19. The number of hydrogen-bond acceptors (Lipinski definition) is 3. The fourth-order valence-electron chi connectivity index (χ4n) is 0.849. The van der Waals surface area contributed by atoms with E-state index in [4.69, 9.17) is 4.74 Å². The molecule has 0 heterocycles. The summed E-state index contributed by atoms with van der Waals surface area (Å²) in [5.41, 5.74) is 0. The summed E-state index contributed by atoms with van der Waals surface area (Å²) in [7, 11) is 1.42. The first kappa shape index (κ1) is 14.8. The molecule has 0 saturated heterocycles. The quantitative estimate of drug-likeness (QED) is 0.666. The number of halogens is 3. The summed E-state index contributed by atoms with van der Waals surface area (Å²) in [6.07, 6.45) is -4.16. The molecule has 0 aliphatic heterocycles. The molecule has 0 fully saturated rings. The van der Waals surface area contributed by atoms with E-state index in [9.17, 15) is 18.0 Å². The molecular formula is C9H14F3NO3. The number of carbonyl (C=O) groups is 1. The fourth-order valence-corrected chi connectivity index (χ4v) is 0.849. The van der Waals surface area contributed by atoms with Crippen molar-refractivity contribution in [3.8, 4) is 0 Å². The van der Waals surface area contributed by atoms with Crippen molar-refractivity contribution in [2.75, 3.05) is 33.4 Å². The fraction of sp³-hybridized carbons (Fsp3) is 0.667. The van der Waals surface area contributed by atoms with Crippen molar-refractivity contribution < 1.29 is 27.4 Å². The number of methoxy groups -OCH3 is 1. The van der Waals surface area contributed by atoms with E-state index >= 15 is 0 Å². The first-order chi connectivity index (χ1) is 7.40. The van der Waals surface area contributed by atoms with Crippen LogP contribution in [0.1, 0.15) is 0 Å². The van der Waals surface area contributed by atoms with Gasteiger partial charge in [-0.25, -0.2) is 4.79 Å². The summed E-state index contributed by atoms with van der Waals surface area (Å²) in [6.45, 7) is 2.28. The van der Waals surface area contributed by atoms with E-state index in [2.05, 4.69) is 11.3 Å². The maximum atomic E-state index is 11.8. The lowest BCUT2D eigenvalue weighted by molar-refractivity contribution is -0.162. The second-order valence-electron chi connectivity index (χ2n) is 2.90. The zero-order valence-electron chi connectivity index (χ0n) is 8.92. The van der Waals surface area contributed by atoms with E-state index in [0.717, 1.165) is 4.90 Å². The summed E-state index contributed by atoms with van der Waals surface area (Å²) in [4.78, 5) is 12.3. The van der Waals surface area contributed by atoms with E-state index in [-0.39, 0.29) is 19.7 Å². The number of amides is 1. The van der Waals surface area contributed by atoms with Crippen molar-refractivity contribution in [1.82, 2.24) is 4.90 Å². The van der Waals surface area contributed by atoms with Crippen LogP contribution in [0.25, 0.3) is 0 Å². The van der Waals surface area contributed by atoms with Crippen molar-refractivity contribution in [1.29, 1.82) is 0 Å². The van der Waals surface area contributed by atoms with E-state index in [0.29, 0.717) is 0 Å². The smallest absolute Gasteiger partial charge is 0.422 e. The van der Waals surface area contributed by atoms with Crippen molar-refractivity contribution in [2.45, 2.75) is 6.18 Å². The van der Waals surface area contributed by atoms with Crippen molar-refractivity contribution >= 4 is 6.09 Å². The van der Waals surface area contributed by atoms with Gasteiger partial charge in [-0.05, 0) is 0 Å². The van der Waals surface area contributed by atoms with Gasteiger partial charge >= 0.3 is 12.3 Å². The number of hydrogen-bond donors (Lipinski definition) is 0. The van der Waals surface area contributed by atoms with Crippen LogP contribution in [0.3, 0.4) is 0 Å². The monoisotopic (exact) mass is 241 g/mol. The Kier molecular flexibility index (Phi) is 6.55. The summed E-state index contributed by atoms with van der Waals surface area (Å²) >= 11 is 0. The topological polar surface area (TPSA) is 38.8 Å². The minimum Gasteiger partial charge on any atom is -0.440 e. The molecule has 1 amide bonds. The highest BCUT2D eigenvalue weighted by Crippen LogP contribution is 2.15. The molecule has 0 unspecified atom stereocenters. The SMILES string of the molecule is C=CCN(CCOC)C(=O)OCC(F)(F)F. The molecule has 0 aliphatic carbocycles. The van der Waals surface area contributed by atoms with Crippen LogP contribution in [0.4, 0.5) is 18.0 Å². The van der Waals surface area contributed by atoms with E-state index < -0.39 is 18.9 Å². The lowest BCUT2D eigenvalue weighted by Gasteiger charge is -2.20. The Bertz CT molecular complexity index is 231. The molecular weight excluding hydrogens is 227 g/mol. The van der Waals surface area contributed by atoms with Gasteiger partial charge < -0.3 is 14.4 Å². The molecule has 0 aromatic rings. The molecule has 16 heavy (non-hydrogen) atoms. The largest absolute Gasteiger partial charge is 0.440 e. The highest BCUT2D eigenvalue weighted by atomic mass is 19.4.